The van der Waals surface area contributed by atoms with E-state index in [4.69, 9.17) is 18.9 Å². The zero-order valence-electron chi connectivity index (χ0n) is 8.52. The van der Waals surface area contributed by atoms with E-state index in [0.29, 0.717) is 13.2 Å². The molecule has 14 heavy (non-hydrogen) atoms. The molecule has 0 radical (unpaired) electrons. The molecule has 5 nitrogen and oxygen atoms in total. The molecule has 5 heteroatoms. The summed E-state index contributed by atoms with van der Waals surface area (Å²) in [7, 11) is 2.97. The van der Waals surface area contributed by atoms with Gasteiger partial charge in [-0.2, -0.15) is 0 Å². The van der Waals surface area contributed by atoms with Gasteiger partial charge in [0.05, 0.1) is 19.6 Å². The lowest BCUT2D eigenvalue weighted by Crippen LogP contribution is -2.24. The van der Waals surface area contributed by atoms with Crippen molar-refractivity contribution in [2.24, 2.45) is 0 Å². The third-order valence-corrected chi connectivity index (χ3v) is 2.05. The molecule has 1 heterocycles. The van der Waals surface area contributed by atoms with Crippen molar-refractivity contribution in [3.63, 3.8) is 0 Å². The van der Waals surface area contributed by atoms with Crippen molar-refractivity contribution in [1.82, 2.24) is 0 Å². The van der Waals surface area contributed by atoms with Crippen LogP contribution in [0.3, 0.4) is 0 Å². The first-order valence-electron chi connectivity index (χ1n) is 4.59. The fraction of sp³-hybridized carbons (Fsp3) is 0.889. The molecule has 0 aromatic rings. The van der Waals surface area contributed by atoms with Gasteiger partial charge in [-0.05, 0) is 0 Å². The third kappa shape index (κ3) is 3.61. The molecule has 0 aromatic carbocycles. The number of esters is 1. The molecule has 1 unspecified atom stereocenters. The molecule has 0 amide bonds. The quantitative estimate of drug-likeness (QED) is 0.477. The maximum absolute atomic E-state index is 11.3. The van der Waals surface area contributed by atoms with Crippen LogP contribution in [0.2, 0.25) is 0 Å². The average Bonchev–Trinajstić information content (AvgIpc) is 2.66. The largest absolute Gasteiger partial charge is 0.460 e. The second-order valence-corrected chi connectivity index (χ2v) is 3.08. The molecule has 0 aliphatic carbocycles. The van der Waals surface area contributed by atoms with Gasteiger partial charge in [0.2, 0.25) is 0 Å². The number of methoxy groups -OCH3 is 2. The van der Waals surface area contributed by atoms with E-state index in [0.717, 1.165) is 6.42 Å². The van der Waals surface area contributed by atoms with Crippen molar-refractivity contribution in [2.45, 2.75) is 25.2 Å². The Balaban J connectivity index is 2.20. The number of ether oxygens (including phenoxy) is 4. The van der Waals surface area contributed by atoms with E-state index in [-0.39, 0.29) is 18.5 Å². The van der Waals surface area contributed by atoms with Crippen molar-refractivity contribution in [2.75, 3.05) is 27.4 Å². The Morgan fingerprint density at radius 2 is 2.21 bits per heavy atom. The Hall–Kier alpha value is -0.650. The number of hydrogen-bond acceptors (Lipinski definition) is 5. The molecule has 0 aromatic heterocycles. The number of rotatable bonds is 5. The monoisotopic (exact) mass is 204 g/mol. The highest BCUT2D eigenvalue weighted by atomic mass is 16.7. The van der Waals surface area contributed by atoms with Crippen LogP contribution in [-0.4, -0.2) is 45.8 Å². The highest BCUT2D eigenvalue weighted by Gasteiger charge is 2.21. The van der Waals surface area contributed by atoms with Gasteiger partial charge in [0.25, 0.3) is 0 Å². The molecule has 0 saturated carbocycles. The predicted molar refractivity (Wildman–Crippen MR) is 47.7 cm³/mol. The summed E-state index contributed by atoms with van der Waals surface area (Å²) in [5.41, 5.74) is 0. The highest BCUT2D eigenvalue weighted by molar-refractivity contribution is 5.70. The lowest BCUT2D eigenvalue weighted by Gasteiger charge is -2.14. The molecule has 0 spiro atoms. The lowest BCUT2D eigenvalue weighted by molar-refractivity contribution is -0.164. The van der Waals surface area contributed by atoms with Gasteiger partial charge >= 0.3 is 5.97 Å². The fourth-order valence-electron chi connectivity index (χ4n) is 1.24. The first-order valence-corrected chi connectivity index (χ1v) is 4.59. The zero-order chi connectivity index (χ0) is 10.4. The van der Waals surface area contributed by atoms with Crippen LogP contribution in [0.25, 0.3) is 0 Å². The van der Waals surface area contributed by atoms with Crippen LogP contribution in [0.15, 0.2) is 0 Å². The van der Waals surface area contributed by atoms with Crippen molar-refractivity contribution in [3.8, 4) is 0 Å². The van der Waals surface area contributed by atoms with Gasteiger partial charge < -0.3 is 18.9 Å². The number of carbonyl (C=O) groups excluding carboxylic acids is 1. The van der Waals surface area contributed by atoms with Gasteiger partial charge in [0.1, 0.15) is 6.10 Å². The highest BCUT2D eigenvalue weighted by Crippen LogP contribution is 2.10. The van der Waals surface area contributed by atoms with Crippen LogP contribution in [0.5, 0.6) is 0 Å². The minimum absolute atomic E-state index is 0.100. The normalized spacial score (nSPS) is 21.5. The first kappa shape index (κ1) is 11.4. The van der Waals surface area contributed by atoms with Gasteiger partial charge in [0, 0.05) is 20.6 Å². The van der Waals surface area contributed by atoms with Crippen LogP contribution in [0, 0.1) is 0 Å². The van der Waals surface area contributed by atoms with Crippen molar-refractivity contribution in [1.29, 1.82) is 0 Å². The average molecular weight is 204 g/mol. The summed E-state index contributed by atoms with van der Waals surface area (Å²) >= 11 is 0. The van der Waals surface area contributed by atoms with Gasteiger partial charge in [0.15, 0.2) is 6.29 Å². The number of hydrogen-bond donors (Lipinski definition) is 0. The van der Waals surface area contributed by atoms with Crippen LogP contribution in [0.1, 0.15) is 12.8 Å². The molecule has 1 rings (SSSR count). The predicted octanol–water partition coefficient (Wildman–Crippen LogP) is 0.327. The minimum Gasteiger partial charge on any atom is -0.460 e. The van der Waals surface area contributed by atoms with E-state index in [1.807, 2.05) is 0 Å². The summed E-state index contributed by atoms with van der Waals surface area (Å²) in [4.78, 5) is 11.3. The zero-order valence-corrected chi connectivity index (χ0v) is 8.52. The Morgan fingerprint density at radius 3 is 2.71 bits per heavy atom. The van der Waals surface area contributed by atoms with E-state index < -0.39 is 6.29 Å². The van der Waals surface area contributed by atoms with Crippen molar-refractivity contribution >= 4 is 5.97 Å². The van der Waals surface area contributed by atoms with E-state index in [1.54, 1.807) is 0 Å². The molecule has 1 fully saturated rings. The Kier molecular flexibility index (Phi) is 4.86. The second kappa shape index (κ2) is 5.95. The Bertz CT molecular complexity index is 166. The molecule has 82 valence electrons. The topological polar surface area (TPSA) is 54.0 Å². The maximum atomic E-state index is 11.3. The maximum Gasteiger partial charge on any atom is 0.311 e. The summed E-state index contributed by atoms with van der Waals surface area (Å²) in [6, 6.07) is 0. The van der Waals surface area contributed by atoms with Crippen LogP contribution in [0.4, 0.5) is 0 Å². The van der Waals surface area contributed by atoms with Gasteiger partial charge in [-0.15, -0.1) is 0 Å². The summed E-state index contributed by atoms with van der Waals surface area (Å²) in [6.45, 7) is 1.16. The van der Waals surface area contributed by atoms with Crippen molar-refractivity contribution in [3.05, 3.63) is 0 Å². The van der Waals surface area contributed by atoms with E-state index in [1.165, 1.54) is 14.2 Å². The van der Waals surface area contributed by atoms with Crippen LogP contribution >= 0.6 is 0 Å². The van der Waals surface area contributed by atoms with Crippen LogP contribution in [-0.2, 0) is 23.7 Å². The molecular weight excluding hydrogens is 188 g/mol. The molecule has 0 N–H and O–H groups in total. The summed E-state index contributed by atoms with van der Waals surface area (Å²) in [6.07, 6.45) is 0.265. The molecule has 1 aliphatic heterocycles. The minimum atomic E-state index is -0.523. The van der Waals surface area contributed by atoms with Crippen LogP contribution < -0.4 is 0 Å². The van der Waals surface area contributed by atoms with E-state index in [2.05, 4.69) is 0 Å². The summed E-state index contributed by atoms with van der Waals surface area (Å²) in [5.74, 6) is -0.311. The molecular formula is C9H16O5. The van der Waals surface area contributed by atoms with E-state index in [9.17, 15) is 4.79 Å². The molecule has 1 aliphatic rings. The second-order valence-electron chi connectivity index (χ2n) is 3.08. The standard InChI is InChI=1S/C9H16O5/c1-11-9(12-2)5-8(10)14-7-3-4-13-6-7/h7,9H,3-6H2,1-2H3. The Labute approximate surface area is 83.3 Å². The van der Waals surface area contributed by atoms with E-state index >= 15 is 0 Å². The van der Waals surface area contributed by atoms with Crippen molar-refractivity contribution < 1.29 is 23.7 Å². The fourth-order valence-corrected chi connectivity index (χ4v) is 1.24. The SMILES string of the molecule is COC(CC(=O)OC1CCOC1)OC. The summed E-state index contributed by atoms with van der Waals surface area (Å²) in [5, 5.41) is 0. The first-order chi connectivity index (χ1) is 6.76. The van der Waals surface area contributed by atoms with Gasteiger partial charge in [-0.3, -0.25) is 4.79 Å². The smallest absolute Gasteiger partial charge is 0.311 e. The third-order valence-electron chi connectivity index (χ3n) is 2.05. The van der Waals surface area contributed by atoms with Gasteiger partial charge in [-0.1, -0.05) is 0 Å². The molecule has 1 saturated heterocycles. The number of carbonyl (C=O) groups is 1. The summed E-state index contributed by atoms with van der Waals surface area (Å²) < 4.78 is 20.0. The lowest BCUT2D eigenvalue weighted by atomic mass is 10.3. The Morgan fingerprint density at radius 1 is 1.50 bits per heavy atom. The molecule has 0 bridgehead atoms. The molecule has 1 atom stereocenters. The van der Waals surface area contributed by atoms with Gasteiger partial charge in [-0.25, -0.2) is 0 Å².